The number of carboxylic acids is 1. The Morgan fingerprint density at radius 3 is 2.67 bits per heavy atom. The Kier molecular flexibility index (Phi) is 3.90. The van der Waals surface area contributed by atoms with Gasteiger partial charge in [0, 0.05) is 18.5 Å². The highest BCUT2D eigenvalue weighted by molar-refractivity contribution is 7.13. The van der Waals surface area contributed by atoms with Crippen LogP contribution in [0, 0.1) is 12.3 Å². The minimum absolute atomic E-state index is 0.00396. The maximum Gasteiger partial charge on any atom is 0.311 e. The minimum Gasteiger partial charge on any atom is -0.481 e. The summed E-state index contributed by atoms with van der Waals surface area (Å²) in [5.41, 5.74) is 0.112. The molecule has 24 heavy (non-hydrogen) atoms. The molecule has 1 N–H and O–H groups in total. The molecule has 0 radical (unpaired) electrons. The third-order valence-electron chi connectivity index (χ3n) is 6.31. The van der Waals surface area contributed by atoms with Crippen molar-refractivity contribution >= 4 is 23.2 Å². The van der Waals surface area contributed by atoms with E-state index in [-0.39, 0.29) is 11.9 Å². The predicted octanol–water partition coefficient (Wildman–Crippen LogP) is 3.58. The summed E-state index contributed by atoms with van der Waals surface area (Å²) in [5.74, 6) is -0.212. The van der Waals surface area contributed by atoms with Crippen LogP contribution < -0.4 is 0 Å². The molecule has 130 valence electrons. The third-order valence-corrected chi connectivity index (χ3v) is 7.62. The van der Waals surface area contributed by atoms with Crippen molar-refractivity contribution in [2.75, 3.05) is 6.54 Å². The summed E-state index contributed by atoms with van der Waals surface area (Å²) in [7, 11) is 0. The summed E-state index contributed by atoms with van der Waals surface area (Å²) < 4.78 is 0. The van der Waals surface area contributed by atoms with Gasteiger partial charge in [0.05, 0.1) is 16.1 Å². The van der Waals surface area contributed by atoms with Crippen LogP contribution >= 0.6 is 11.3 Å². The van der Waals surface area contributed by atoms with Crippen LogP contribution in [-0.2, 0) is 4.79 Å². The van der Waals surface area contributed by atoms with Gasteiger partial charge in [-0.3, -0.25) is 9.59 Å². The molecule has 0 spiro atoms. The first-order valence-corrected chi connectivity index (χ1v) is 9.86. The number of carboxylic acid groups (broad SMARTS) is 1. The summed E-state index contributed by atoms with van der Waals surface area (Å²) in [6, 6.07) is -0.140. The average molecular weight is 348 g/mol. The van der Waals surface area contributed by atoms with Crippen molar-refractivity contribution in [3.05, 3.63) is 15.6 Å². The molecule has 3 aliphatic rings. The van der Waals surface area contributed by atoms with E-state index in [0.29, 0.717) is 25.3 Å². The fourth-order valence-corrected chi connectivity index (χ4v) is 6.16. The van der Waals surface area contributed by atoms with Gasteiger partial charge in [0.2, 0.25) is 0 Å². The number of amides is 1. The van der Waals surface area contributed by atoms with Crippen molar-refractivity contribution in [1.29, 1.82) is 0 Å². The molecule has 3 fully saturated rings. The van der Waals surface area contributed by atoms with Gasteiger partial charge in [0.25, 0.3) is 5.91 Å². The van der Waals surface area contributed by atoms with Gasteiger partial charge in [0.15, 0.2) is 0 Å². The number of hydrogen-bond acceptors (Lipinski definition) is 4. The van der Waals surface area contributed by atoms with Crippen LogP contribution in [0.5, 0.6) is 0 Å². The van der Waals surface area contributed by atoms with Crippen molar-refractivity contribution in [2.45, 2.75) is 70.3 Å². The Morgan fingerprint density at radius 2 is 1.96 bits per heavy atom. The second kappa shape index (κ2) is 5.83. The molecule has 2 aliphatic carbocycles. The highest BCUT2D eigenvalue weighted by Crippen LogP contribution is 2.49. The number of aliphatic carboxylic acids is 1. The van der Waals surface area contributed by atoms with E-state index in [0.717, 1.165) is 28.4 Å². The van der Waals surface area contributed by atoms with E-state index >= 15 is 0 Å². The Morgan fingerprint density at radius 1 is 1.21 bits per heavy atom. The Hall–Kier alpha value is -1.43. The third kappa shape index (κ3) is 2.30. The van der Waals surface area contributed by atoms with E-state index in [2.05, 4.69) is 4.98 Å². The van der Waals surface area contributed by atoms with E-state index in [1.165, 1.54) is 25.7 Å². The molecule has 1 aromatic heterocycles. The summed E-state index contributed by atoms with van der Waals surface area (Å²) in [5, 5.41) is 10.8. The standard InChI is InChI=1S/C18H24N2O3S/c1-11-14(24-15(19-11)12-5-2-3-6-12)16(21)20-10-9-18(17(22)23)8-4-7-13(18)20/h12-13H,2-10H2,1H3,(H,22,23). The fraction of sp³-hybridized carbons (Fsp3) is 0.722. The Bertz CT molecular complexity index is 680. The molecule has 2 unspecified atom stereocenters. The van der Waals surface area contributed by atoms with Crippen LogP contribution in [0.1, 0.15) is 77.7 Å². The zero-order valence-corrected chi connectivity index (χ0v) is 14.9. The Labute approximate surface area is 146 Å². The maximum absolute atomic E-state index is 13.1. The van der Waals surface area contributed by atoms with Gasteiger partial charge in [-0.05, 0) is 39.0 Å². The normalized spacial score (nSPS) is 30.0. The smallest absolute Gasteiger partial charge is 0.311 e. The highest BCUT2D eigenvalue weighted by Gasteiger charge is 2.57. The van der Waals surface area contributed by atoms with Crippen LogP contribution in [0.4, 0.5) is 0 Å². The minimum atomic E-state index is -0.729. The zero-order chi connectivity index (χ0) is 16.9. The van der Waals surface area contributed by atoms with Gasteiger partial charge >= 0.3 is 5.97 Å². The maximum atomic E-state index is 13.1. The molecule has 1 saturated heterocycles. The highest BCUT2D eigenvalue weighted by atomic mass is 32.1. The molecule has 1 aliphatic heterocycles. The first-order chi connectivity index (χ1) is 11.5. The van der Waals surface area contributed by atoms with E-state index < -0.39 is 11.4 Å². The lowest BCUT2D eigenvalue weighted by atomic mass is 9.82. The number of nitrogens with zero attached hydrogens (tertiary/aromatic N) is 2. The molecule has 0 bridgehead atoms. The second-order valence-corrected chi connectivity index (χ2v) is 8.60. The van der Waals surface area contributed by atoms with Crippen LogP contribution in [0.2, 0.25) is 0 Å². The SMILES string of the molecule is Cc1nc(C2CCCC2)sc1C(=O)N1CCC2(C(=O)O)CCCC12. The number of carbonyl (C=O) groups is 2. The van der Waals surface area contributed by atoms with E-state index in [4.69, 9.17) is 0 Å². The predicted molar refractivity (Wildman–Crippen MR) is 91.4 cm³/mol. The number of hydrogen-bond donors (Lipinski definition) is 1. The summed E-state index contributed by atoms with van der Waals surface area (Å²) in [6.07, 6.45) is 7.85. The van der Waals surface area contributed by atoms with Crippen LogP contribution in [0.3, 0.4) is 0 Å². The van der Waals surface area contributed by atoms with Gasteiger partial charge in [-0.1, -0.05) is 19.3 Å². The summed E-state index contributed by atoms with van der Waals surface area (Å²) in [4.78, 5) is 32.2. The largest absolute Gasteiger partial charge is 0.481 e. The van der Waals surface area contributed by atoms with E-state index in [1.54, 1.807) is 11.3 Å². The quantitative estimate of drug-likeness (QED) is 0.906. The number of likely N-dealkylation sites (tertiary alicyclic amines) is 1. The van der Waals surface area contributed by atoms with Crippen molar-refractivity contribution in [1.82, 2.24) is 9.88 Å². The first kappa shape index (κ1) is 16.1. The molecular weight excluding hydrogens is 324 g/mol. The molecule has 2 heterocycles. The molecule has 4 rings (SSSR count). The molecular formula is C18H24N2O3S. The van der Waals surface area contributed by atoms with Gasteiger partial charge in [-0.15, -0.1) is 11.3 Å². The van der Waals surface area contributed by atoms with Crippen molar-refractivity contribution in [2.24, 2.45) is 5.41 Å². The number of rotatable bonds is 3. The van der Waals surface area contributed by atoms with Gasteiger partial charge < -0.3 is 10.0 Å². The van der Waals surface area contributed by atoms with Crippen molar-refractivity contribution in [3.63, 3.8) is 0 Å². The molecule has 2 atom stereocenters. The van der Waals surface area contributed by atoms with E-state index in [1.807, 2.05) is 11.8 Å². The molecule has 6 heteroatoms. The molecule has 0 aromatic carbocycles. The number of aryl methyl sites for hydroxylation is 1. The Balaban J connectivity index is 1.59. The van der Waals surface area contributed by atoms with Crippen LogP contribution in [0.25, 0.3) is 0 Å². The van der Waals surface area contributed by atoms with Crippen molar-refractivity contribution in [3.8, 4) is 0 Å². The molecule has 1 aromatic rings. The van der Waals surface area contributed by atoms with E-state index in [9.17, 15) is 14.7 Å². The number of thiazole rings is 1. The molecule has 5 nitrogen and oxygen atoms in total. The number of aromatic nitrogens is 1. The van der Waals surface area contributed by atoms with Crippen molar-refractivity contribution < 1.29 is 14.7 Å². The lowest BCUT2D eigenvalue weighted by molar-refractivity contribution is -0.149. The summed E-state index contributed by atoms with van der Waals surface area (Å²) in [6.45, 7) is 2.48. The second-order valence-electron chi connectivity index (χ2n) is 7.57. The number of fused-ring (bicyclic) bond motifs is 1. The topological polar surface area (TPSA) is 70.5 Å². The lowest BCUT2D eigenvalue weighted by Gasteiger charge is -2.28. The zero-order valence-electron chi connectivity index (χ0n) is 14.1. The molecule has 2 saturated carbocycles. The number of carbonyl (C=O) groups excluding carboxylic acids is 1. The first-order valence-electron chi connectivity index (χ1n) is 9.04. The fourth-order valence-electron chi connectivity index (χ4n) is 4.97. The average Bonchev–Trinajstić information content (AvgIpc) is 3.29. The van der Waals surface area contributed by atoms with Crippen LogP contribution in [0.15, 0.2) is 0 Å². The van der Waals surface area contributed by atoms with Gasteiger partial charge in [-0.2, -0.15) is 0 Å². The monoisotopic (exact) mass is 348 g/mol. The lowest BCUT2D eigenvalue weighted by Crippen LogP contribution is -2.43. The van der Waals surface area contributed by atoms with Gasteiger partial charge in [0.1, 0.15) is 4.88 Å². The summed E-state index contributed by atoms with van der Waals surface area (Å²) >= 11 is 1.54. The van der Waals surface area contributed by atoms with Crippen LogP contribution in [-0.4, -0.2) is 39.5 Å². The molecule has 1 amide bonds. The van der Waals surface area contributed by atoms with Gasteiger partial charge in [-0.25, -0.2) is 4.98 Å².